The van der Waals surface area contributed by atoms with E-state index in [1.54, 1.807) is 31.8 Å². The van der Waals surface area contributed by atoms with Crippen LogP contribution in [0.15, 0.2) is 48.9 Å². The molecule has 1 amide bonds. The Morgan fingerprint density at radius 2 is 2.14 bits per heavy atom. The first kappa shape index (κ1) is 18.0. The van der Waals surface area contributed by atoms with Crippen molar-refractivity contribution >= 4 is 11.7 Å². The van der Waals surface area contributed by atoms with Gasteiger partial charge in [0.15, 0.2) is 0 Å². The summed E-state index contributed by atoms with van der Waals surface area (Å²) >= 11 is 0. The van der Waals surface area contributed by atoms with Crippen LogP contribution in [0.4, 0.5) is 5.82 Å². The SMILES string of the molecule is COc1ccc(-c2cc(C(=O)N[C@H]3CCCN(c4cnccn4)C3)[nH]n2)cc1. The molecule has 1 aliphatic rings. The zero-order valence-corrected chi connectivity index (χ0v) is 15.6. The minimum atomic E-state index is -0.154. The molecule has 0 aliphatic carbocycles. The highest BCUT2D eigenvalue weighted by Gasteiger charge is 2.23. The van der Waals surface area contributed by atoms with Crippen LogP contribution < -0.4 is 15.0 Å². The molecule has 3 aromatic rings. The van der Waals surface area contributed by atoms with E-state index >= 15 is 0 Å². The molecule has 8 nitrogen and oxygen atoms in total. The molecule has 0 bridgehead atoms. The number of H-pyrrole nitrogens is 1. The number of carbonyl (C=O) groups is 1. The number of aromatic nitrogens is 4. The van der Waals surface area contributed by atoms with Crippen LogP contribution >= 0.6 is 0 Å². The summed E-state index contributed by atoms with van der Waals surface area (Å²) < 4.78 is 5.17. The van der Waals surface area contributed by atoms with Gasteiger partial charge in [-0.1, -0.05) is 0 Å². The van der Waals surface area contributed by atoms with Gasteiger partial charge in [-0.05, 0) is 43.2 Å². The third-order valence-corrected chi connectivity index (χ3v) is 4.84. The summed E-state index contributed by atoms with van der Waals surface area (Å²) in [7, 11) is 1.63. The molecule has 144 valence electrons. The van der Waals surface area contributed by atoms with Crippen LogP contribution in [0.1, 0.15) is 23.3 Å². The van der Waals surface area contributed by atoms with E-state index in [4.69, 9.17) is 4.74 Å². The monoisotopic (exact) mass is 378 g/mol. The van der Waals surface area contributed by atoms with E-state index in [-0.39, 0.29) is 11.9 Å². The average molecular weight is 378 g/mol. The zero-order valence-electron chi connectivity index (χ0n) is 15.6. The van der Waals surface area contributed by atoms with Crippen molar-refractivity contribution < 1.29 is 9.53 Å². The maximum Gasteiger partial charge on any atom is 0.269 e. The fourth-order valence-corrected chi connectivity index (χ4v) is 3.37. The summed E-state index contributed by atoms with van der Waals surface area (Å²) in [4.78, 5) is 23.3. The van der Waals surface area contributed by atoms with Crippen molar-refractivity contribution in [2.45, 2.75) is 18.9 Å². The molecule has 2 aromatic heterocycles. The highest BCUT2D eigenvalue weighted by molar-refractivity contribution is 5.93. The summed E-state index contributed by atoms with van der Waals surface area (Å²) in [6.45, 7) is 1.63. The molecule has 1 atom stereocenters. The van der Waals surface area contributed by atoms with Crippen LogP contribution in [0, 0.1) is 0 Å². The topological polar surface area (TPSA) is 96.0 Å². The molecule has 1 saturated heterocycles. The summed E-state index contributed by atoms with van der Waals surface area (Å²) in [5.41, 5.74) is 2.09. The second-order valence-corrected chi connectivity index (χ2v) is 6.72. The second kappa shape index (κ2) is 8.08. The van der Waals surface area contributed by atoms with Gasteiger partial charge in [-0.2, -0.15) is 5.10 Å². The van der Waals surface area contributed by atoms with Gasteiger partial charge < -0.3 is 15.0 Å². The first-order chi connectivity index (χ1) is 13.7. The molecule has 2 N–H and O–H groups in total. The summed E-state index contributed by atoms with van der Waals surface area (Å²) in [6, 6.07) is 9.38. The van der Waals surface area contributed by atoms with Gasteiger partial charge in [0.2, 0.25) is 0 Å². The Morgan fingerprint density at radius 3 is 2.89 bits per heavy atom. The predicted octanol–water partition coefficient (Wildman–Crippen LogP) is 2.27. The zero-order chi connectivity index (χ0) is 19.3. The molecular formula is C20H22N6O2. The Bertz CT molecular complexity index is 925. The van der Waals surface area contributed by atoms with Gasteiger partial charge in [0.1, 0.15) is 17.3 Å². The molecule has 1 aromatic carbocycles. The Balaban J connectivity index is 1.40. The Morgan fingerprint density at radius 1 is 1.29 bits per heavy atom. The smallest absolute Gasteiger partial charge is 0.269 e. The van der Waals surface area contributed by atoms with E-state index in [0.717, 1.165) is 42.2 Å². The fraction of sp³-hybridized carbons (Fsp3) is 0.300. The molecule has 3 heterocycles. The van der Waals surface area contributed by atoms with Gasteiger partial charge in [-0.15, -0.1) is 0 Å². The van der Waals surface area contributed by atoms with Crippen molar-refractivity contribution in [2.75, 3.05) is 25.1 Å². The van der Waals surface area contributed by atoms with Gasteiger partial charge in [0.05, 0.1) is 19.0 Å². The lowest BCUT2D eigenvalue weighted by Crippen LogP contribution is -2.48. The lowest BCUT2D eigenvalue weighted by Gasteiger charge is -2.33. The van der Waals surface area contributed by atoms with E-state index in [1.807, 2.05) is 24.3 Å². The summed E-state index contributed by atoms with van der Waals surface area (Å²) in [5.74, 6) is 1.46. The number of methoxy groups -OCH3 is 1. The predicted molar refractivity (Wildman–Crippen MR) is 105 cm³/mol. The number of piperidine rings is 1. The Labute approximate surface area is 163 Å². The molecule has 0 radical (unpaired) electrons. The van der Waals surface area contributed by atoms with Crippen molar-refractivity contribution in [3.63, 3.8) is 0 Å². The van der Waals surface area contributed by atoms with Crippen molar-refractivity contribution in [3.8, 4) is 17.0 Å². The maximum absolute atomic E-state index is 12.7. The van der Waals surface area contributed by atoms with Crippen molar-refractivity contribution in [2.24, 2.45) is 0 Å². The van der Waals surface area contributed by atoms with E-state index < -0.39 is 0 Å². The molecule has 4 rings (SSSR count). The van der Waals surface area contributed by atoms with Crippen molar-refractivity contribution in [1.82, 2.24) is 25.5 Å². The van der Waals surface area contributed by atoms with E-state index in [9.17, 15) is 4.79 Å². The Hall–Kier alpha value is -3.42. The molecule has 1 fully saturated rings. The Kier molecular flexibility index (Phi) is 5.18. The van der Waals surface area contributed by atoms with Crippen molar-refractivity contribution in [3.05, 3.63) is 54.6 Å². The van der Waals surface area contributed by atoms with E-state index in [1.165, 1.54) is 0 Å². The molecule has 0 saturated carbocycles. The number of hydrogen-bond acceptors (Lipinski definition) is 6. The van der Waals surface area contributed by atoms with E-state index in [2.05, 4.69) is 30.4 Å². The second-order valence-electron chi connectivity index (χ2n) is 6.72. The minimum Gasteiger partial charge on any atom is -0.497 e. The van der Waals surface area contributed by atoms with Gasteiger partial charge in [-0.25, -0.2) is 4.98 Å². The quantitative estimate of drug-likeness (QED) is 0.707. The van der Waals surface area contributed by atoms with Gasteiger partial charge in [-0.3, -0.25) is 14.9 Å². The average Bonchev–Trinajstić information content (AvgIpc) is 3.25. The van der Waals surface area contributed by atoms with Crippen LogP contribution in [-0.2, 0) is 0 Å². The van der Waals surface area contributed by atoms with Crippen LogP contribution in [0.3, 0.4) is 0 Å². The van der Waals surface area contributed by atoms with Crippen molar-refractivity contribution in [1.29, 1.82) is 0 Å². The largest absolute Gasteiger partial charge is 0.497 e. The number of nitrogens with zero attached hydrogens (tertiary/aromatic N) is 4. The number of ether oxygens (including phenoxy) is 1. The van der Waals surface area contributed by atoms with Crippen LogP contribution in [0.2, 0.25) is 0 Å². The standard InChI is InChI=1S/C20H22N6O2/c1-28-16-6-4-14(5-7-16)17-11-18(25-24-17)20(27)23-15-3-2-10-26(13-15)19-12-21-8-9-22-19/h4-9,11-12,15H,2-3,10,13H2,1H3,(H,23,27)(H,24,25)/t15-/m0/s1. The molecule has 0 unspecified atom stereocenters. The number of hydrogen-bond donors (Lipinski definition) is 2. The number of rotatable bonds is 5. The number of anilines is 1. The highest BCUT2D eigenvalue weighted by atomic mass is 16.5. The minimum absolute atomic E-state index is 0.0518. The molecule has 28 heavy (non-hydrogen) atoms. The number of nitrogens with one attached hydrogen (secondary N) is 2. The lowest BCUT2D eigenvalue weighted by atomic mass is 10.1. The summed E-state index contributed by atoms with van der Waals surface area (Å²) in [5, 5.41) is 10.2. The summed E-state index contributed by atoms with van der Waals surface area (Å²) in [6.07, 6.45) is 7.01. The maximum atomic E-state index is 12.7. The molecule has 0 spiro atoms. The third-order valence-electron chi connectivity index (χ3n) is 4.84. The number of amides is 1. The first-order valence-electron chi connectivity index (χ1n) is 9.24. The van der Waals surface area contributed by atoms with Gasteiger partial charge >= 0.3 is 0 Å². The number of benzene rings is 1. The molecular weight excluding hydrogens is 356 g/mol. The lowest BCUT2D eigenvalue weighted by molar-refractivity contribution is 0.0928. The number of aromatic amines is 1. The normalized spacial score (nSPS) is 16.6. The molecule has 8 heteroatoms. The fourth-order valence-electron chi connectivity index (χ4n) is 3.37. The van der Waals surface area contributed by atoms with E-state index in [0.29, 0.717) is 12.2 Å². The van der Waals surface area contributed by atoms with Gasteiger partial charge in [0, 0.05) is 37.1 Å². The first-order valence-corrected chi connectivity index (χ1v) is 9.24. The highest BCUT2D eigenvalue weighted by Crippen LogP contribution is 2.21. The van der Waals surface area contributed by atoms with Crippen LogP contribution in [0.5, 0.6) is 5.75 Å². The molecule has 1 aliphatic heterocycles. The van der Waals surface area contributed by atoms with Crippen LogP contribution in [0.25, 0.3) is 11.3 Å². The third kappa shape index (κ3) is 3.95. The van der Waals surface area contributed by atoms with Gasteiger partial charge in [0.25, 0.3) is 5.91 Å². The number of carbonyl (C=O) groups excluding carboxylic acids is 1. The van der Waals surface area contributed by atoms with Crippen LogP contribution in [-0.4, -0.2) is 52.3 Å².